The van der Waals surface area contributed by atoms with Crippen molar-refractivity contribution < 1.29 is 46.7 Å². The van der Waals surface area contributed by atoms with Crippen LogP contribution in [0.5, 0.6) is 11.5 Å². The molecule has 6 heterocycles. The number of halogens is 1. The lowest BCUT2D eigenvalue weighted by Gasteiger charge is -2.39. The molecule has 21 nitrogen and oxygen atoms in total. The number of hydrogen-bond acceptors (Lipinski definition) is 16. The van der Waals surface area contributed by atoms with E-state index in [1.165, 1.54) is 46.0 Å². The predicted molar refractivity (Wildman–Crippen MR) is 334 cm³/mol. The lowest BCUT2D eigenvalue weighted by molar-refractivity contribution is -0.384. The van der Waals surface area contributed by atoms with Gasteiger partial charge in [0.05, 0.1) is 47.0 Å². The molecule has 2 atom stereocenters. The van der Waals surface area contributed by atoms with Crippen molar-refractivity contribution in [1.82, 2.24) is 34.7 Å². The van der Waals surface area contributed by atoms with Gasteiger partial charge < -0.3 is 39.2 Å². The van der Waals surface area contributed by atoms with E-state index >= 15 is 0 Å². The fourth-order valence-corrected chi connectivity index (χ4v) is 13.5. The van der Waals surface area contributed by atoms with E-state index < -0.39 is 43.4 Å². The van der Waals surface area contributed by atoms with Gasteiger partial charge in [0, 0.05) is 105 Å². The molecular formula is C65H71ClN10O11S. The summed E-state index contributed by atoms with van der Waals surface area (Å²) < 4.78 is 48.1. The van der Waals surface area contributed by atoms with E-state index in [2.05, 4.69) is 77.8 Å². The van der Waals surface area contributed by atoms with Crippen molar-refractivity contribution in [3.05, 3.63) is 152 Å². The number of likely N-dealkylation sites (tertiary alicyclic amines) is 1. The molecular weight excluding hydrogens is 1160 g/mol. The van der Waals surface area contributed by atoms with Crippen LogP contribution in [0, 0.1) is 33.3 Å². The molecule has 2 aromatic heterocycles. The maximum atomic E-state index is 14.2. The van der Waals surface area contributed by atoms with Gasteiger partial charge in [-0.1, -0.05) is 67.1 Å². The third kappa shape index (κ3) is 14.7. The summed E-state index contributed by atoms with van der Waals surface area (Å²) in [7, 11) is -4.64. The van der Waals surface area contributed by atoms with E-state index in [0.717, 1.165) is 87.5 Å². The number of pyridine rings is 1. The van der Waals surface area contributed by atoms with Gasteiger partial charge in [0.15, 0.2) is 0 Å². The van der Waals surface area contributed by atoms with Crippen LogP contribution in [-0.4, -0.2) is 153 Å². The van der Waals surface area contributed by atoms with Crippen LogP contribution >= 0.6 is 11.6 Å². The first-order valence-corrected chi connectivity index (χ1v) is 31.7. The first-order valence-electron chi connectivity index (χ1n) is 29.9. The highest BCUT2D eigenvalue weighted by Crippen LogP contribution is 2.44. The van der Waals surface area contributed by atoms with Crippen LogP contribution in [0.3, 0.4) is 0 Å². The van der Waals surface area contributed by atoms with Crippen molar-refractivity contribution in [2.24, 2.45) is 11.3 Å². The molecule has 0 bridgehead atoms. The van der Waals surface area contributed by atoms with E-state index in [1.54, 1.807) is 30.5 Å². The smallest absolute Gasteiger partial charge is 0.293 e. The number of carbonyl (C=O) groups excluding carboxylic acids is 4. The van der Waals surface area contributed by atoms with Gasteiger partial charge >= 0.3 is 0 Å². The Labute approximate surface area is 516 Å². The van der Waals surface area contributed by atoms with Crippen molar-refractivity contribution in [3.63, 3.8) is 0 Å². The fourth-order valence-electron chi connectivity index (χ4n) is 12.4. The lowest BCUT2D eigenvalue weighted by Crippen LogP contribution is -2.52. The van der Waals surface area contributed by atoms with E-state index in [0.29, 0.717) is 73.5 Å². The van der Waals surface area contributed by atoms with E-state index in [4.69, 9.17) is 25.8 Å². The number of nitro groups is 1. The predicted octanol–water partition coefficient (Wildman–Crippen LogP) is 8.79. The van der Waals surface area contributed by atoms with Gasteiger partial charge in [-0.3, -0.25) is 39.5 Å². The second-order valence-corrected chi connectivity index (χ2v) is 25.9. The number of carbonyl (C=O) groups is 4. The van der Waals surface area contributed by atoms with Gasteiger partial charge in [-0.15, -0.1) is 0 Å². The Balaban J connectivity index is 0.663. The molecule has 1 aliphatic carbocycles. The highest BCUT2D eigenvalue weighted by molar-refractivity contribution is 7.90. The quantitative estimate of drug-likeness (QED) is 0.0173. The molecule has 3 fully saturated rings. The number of rotatable bonds is 21. The average Bonchev–Trinajstić information content (AvgIpc) is 2.56. The Bertz CT molecular complexity index is 3850. The van der Waals surface area contributed by atoms with Crippen LogP contribution in [0.4, 0.5) is 17.1 Å². The summed E-state index contributed by atoms with van der Waals surface area (Å²) in [4.78, 5) is 79.0. The number of nitrogens with zero attached hydrogens (tertiary/aromatic N) is 6. The lowest BCUT2D eigenvalue weighted by atomic mass is 9.72. The zero-order valence-corrected chi connectivity index (χ0v) is 50.9. The molecule has 23 heteroatoms. The molecule has 6 aromatic rings. The Morgan fingerprint density at radius 1 is 0.920 bits per heavy atom. The minimum atomic E-state index is -4.64. The van der Waals surface area contributed by atoms with Gasteiger partial charge in [-0.05, 0) is 128 Å². The number of fused-ring (bicyclic) bond motifs is 2. The third-order valence-electron chi connectivity index (χ3n) is 17.1. The topological polar surface area (TPSA) is 251 Å². The number of ether oxygens (including phenoxy) is 3. The van der Waals surface area contributed by atoms with Crippen molar-refractivity contribution in [3.8, 4) is 23.3 Å². The summed E-state index contributed by atoms with van der Waals surface area (Å²) in [5.41, 5.74) is 7.13. The summed E-state index contributed by atoms with van der Waals surface area (Å²) >= 11 is 6.27. The zero-order valence-electron chi connectivity index (χ0n) is 49.3. The molecule has 5 aliphatic rings. The SMILES string of the molecule is CC1(C)CCC(CN2CCN(c3ccc(C(=O)NS(=O)(=O)c4ccc(NCC5CCCN(CCOCCOCC#Cc6cccc7c6C(=O)N(C6CCC(=O)NC6=O)C7)C5)c([N+](=O)[O-])c4)c(Oc4cnc5[nH]ccc5c4)c3)CC2)=C(c2ccc(Cl)cc2)C1. The first kappa shape index (κ1) is 61.5. The largest absolute Gasteiger partial charge is 0.455 e. The number of piperidine rings is 2. The van der Waals surface area contributed by atoms with Crippen LogP contribution in [0.1, 0.15) is 96.2 Å². The fraction of sp³-hybridized carbons (Fsp3) is 0.400. The monoisotopic (exact) mass is 1230 g/mol. The molecule has 3 saturated heterocycles. The van der Waals surface area contributed by atoms with Crippen molar-refractivity contribution in [2.75, 3.05) is 95.5 Å². The highest BCUT2D eigenvalue weighted by atomic mass is 35.5. The van der Waals surface area contributed by atoms with Gasteiger partial charge in [0.1, 0.15) is 35.5 Å². The second-order valence-electron chi connectivity index (χ2n) is 23.8. The number of sulfonamides is 1. The number of aromatic nitrogens is 2. The van der Waals surface area contributed by atoms with Gasteiger partial charge in [-0.25, -0.2) is 18.1 Å². The Hall–Kier alpha value is -8.17. The molecule has 4 aliphatic heterocycles. The molecule has 0 saturated carbocycles. The number of imide groups is 1. The molecule has 4 aromatic carbocycles. The van der Waals surface area contributed by atoms with Gasteiger partial charge in [-0.2, -0.15) is 0 Å². The molecule has 2 unspecified atom stereocenters. The number of amides is 4. The molecule has 0 radical (unpaired) electrons. The molecule has 0 spiro atoms. The summed E-state index contributed by atoms with van der Waals surface area (Å²) in [5, 5.41) is 19.5. The maximum Gasteiger partial charge on any atom is 0.293 e. The van der Waals surface area contributed by atoms with Crippen LogP contribution < -0.4 is 25.0 Å². The summed E-state index contributed by atoms with van der Waals surface area (Å²) in [5.74, 6) is 4.51. The first-order chi connectivity index (χ1) is 42.4. The van der Waals surface area contributed by atoms with Crippen LogP contribution in [0.2, 0.25) is 5.02 Å². The number of benzene rings is 4. The number of allylic oxidation sites excluding steroid dienone is 1. The zero-order chi connectivity index (χ0) is 61.5. The van der Waals surface area contributed by atoms with Crippen molar-refractivity contribution in [1.29, 1.82) is 0 Å². The number of hydrogen-bond donors (Lipinski definition) is 4. The Kier molecular flexibility index (Phi) is 18.9. The van der Waals surface area contributed by atoms with Crippen molar-refractivity contribution in [2.45, 2.75) is 76.3 Å². The van der Waals surface area contributed by atoms with Gasteiger partial charge in [0.2, 0.25) is 11.8 Å². The average molecular weight is 1240 g/mol. The third-order valence-corrected chi connectivity index (χ3v) is 18.7. The molecule has 4 amide bonds. The summed E-state index contributed by atoms with van der Waals surface area (Å²) in [6.07, 6.45) is 8.67. The maximum absolute atomic E-state index is 14.2. The van der Waals surface area contributed by atoms with Crippen molar-refractivity contribution >= 4 is 78.9 Å². The van der Waals surface area contributed by atoms with E-state index in [9.17, 15) is 37.7 Å². The number of nitro benzene ring substituents is 1. The summed E-state index contributed by atoms with van der Waals surface area (Å²) in [6.45, 7) is 12.7. The number of piperazine rings is 1. The normalized spacial score (nSPS) is 19.1. The van der Waals surface area contributed by atoms with E-state index in [-0.39, 0.29) is 66.1 Å². The van der Waals surface area contributed by atoms with Crippen LogP contribution in [0.15, 0.2) is 114 Å². The second kappa shape index (κ2) is 27.1. The Morgan fingerprint density at radius 3 is 2.55 bits per heavy atom. The van der Waals surface area contributed by atoms with E-state index in [1.807, 2.05) is 30.3 Å². The molecule has 4 N–H and O–H groups in total. The number of H-pyrrole nitrogens is 1. The van der Waals surface area contributed by atoms with Gasteiger partial charge in [0.25, 0.3) is 27.5 Å². The molecule has 11 rings (SSSR count). The number of anilines is 2. The number of nitrogens with one attached hydrogen (secondary N) is 4. The van der Waals surface area contributed by atoms with Crippen LogP contribution in [-0.2, 0) is 35.6 Å². The number of aromatic amines is 1. The minimum Gasteiger partial charge on any atom is -0.455 e. The minimum absolute atomic E-state index is 0.0631. The standard InChI is InChI=1S/C65H71ClN10O11S/c1-65(2)22-20-47(54(37-65)44-10-12-49(66)13-11-44)41-73-25-27-74(28-26-73)50-14-16-53(58(35-50)87-51-34-46-21-23-67-61(46)69-39-51)62(78)71-88(83,84)52-15-17-55(57(36-52)76(81)82)68-38-43-6-4-24-72(40-43)29-31-86-33-32-85-30-5-9-45-7-3-8-48-42-75(64(80)60(45)48)56-18-19-59(77)70-63(56)79/h3,7-8,10-17,21,23,34-36,39,43,56,68H,4,6,18-20,22,24-33,37-38,40-42H2,1-2H3,(H,67,69)(H,71,78)(H,70,77,79). The van der Waals surface area contributed by atoms with Crippen LogP contribution in [0.25, 0.3) is 16.6 Å². The molecule has 460 valence electrons. The summed E-state index contributed by atoms with van der Waals surface area (Å²) in [6, 6.07) is 25.1. The molecule has 88 heavy (non-hydrogen) atoms. The Morgan fingerprint density at radius 2 is 1.74 bits per heavy atom. The highest BCUT2D eigenvalue weighted by Gasteiger charge is 2.40.